The van der Waals surface area contributed by atoms with Gasteiger partial charge in [-0.1, -0.05) is 38.8 Å². The lowest BCUT2D eigenvalue weighted by atomic mass is 9.59. The number of rotatable bonds is 16. The Hall–Kier alpha value is -3.23. The number of anilines is 1. The van der Waals surface area contributed by atoms with Crippen molar-refractivity contribution >= 4 is 36.0 Å². The fraction of sp³-hybridized carbons (Fsp3) is 0.667. The number of fused-ring (bicyclic) bond motifs is 2. The summed E-state index contributed by atoms with van der Waals surface area (Å²) < 4.78 is 0. The molecule has 42 heavy (non-hydrogen) atoms. The summed E-state index contributed by atoms with van der Waals surface area (Å²) in [6.45, 7) is 5.81. The third kappa shape index (κ3) is 8.88. The smallest absolute Gasteiger partial charge is 0.257 e. The Morgan fingerprint density at radius 3 is 2.31 bits per heavy atom. The van der Waals surface area contributed by atoms with Crippen LogP contribution >= 0.6 is 0 Å². The van der Waals surface area contributed by atoms with Crippen LogP contribution in [0.1, 0.15) is 105 Å². The van der Waals surface area contributed by atoms with E-state index in [9.17, 15) is 24.0 Å². The highest BCUT2D eigenvalue weighted by Crippen LogP contribution is 2.50. The second-order valence-electron chi connectivity index (χ2n) is 12.8. The minimum atomic E-state index is -0.785. The fourth-order valence-corrected chi connectivity index (χ4v) is 7.15. The van der Waals surface area contributed by atoms with Gasteiger partial charge in [0.1, 0.15) is 6.29 Å². The third-order valence-electron chi connectivity index (χ3n) is 9.23. The molecule has 2 saturated carbocycles. The summed E-state index contributed by atoms with van der Waals surface area (Å²) in [5.41, 5.74) is 0.777. The number of nitrogens with one attached hydrogen (secondary N) is 3. The quantitative estimate of drug-likeness (QED) is 0.193. The molecule has 3 N–H and O–H groups in total. The van der Waals surface area contributed by atoms with Gasteiger partial charge in [-0.3, -0.25) is 19.2 Å². The van der Waals surface area contributed by atoms with Gasteiger partial charge in [0.15, 0.2) is 6.29 Å². The zero-order valence-electron chi connectivity index (χ0n) is 25.9. The molecule has 0 radical (unpaired) electrons. The first-order valence-corrected chi connectivity index (χ1v) is 15.6. The van der Waals surface area contributed by atoms with Gasteiger partial charge in [0, 0.05) is 50.3 Å². The van der Waals surface area contributed by atoms with Gasteiger partial charge in [-0.15, -0.1) is 0 Å². The van der Waals surface area contributed by atoms with Gasteiger partial charge >= 0.3 is 0 Å². The van der Waals surface area contributed by atoms with Crippen molar-refractivity contribution in [1.29, 1.82) is 0 Å². The Morgan fingerprint density at radius 2 is 1.69 bits per heavy atom. The van der Waals surface area contributed by atoms with E-state index in [-0.39, 0.29) is 41.2 Å². The maximum Gasteiger partial charge on any atom is 0.257 e. The molecule has 0 aromatic heterocycles. The van der Waals surface area contributed by atoms with Gasteiger partial charge in [0.2, 0.25) is 11.8 Å². The molecule has 9 heteroatoms. The molecular formula is C33H50N4O5. The Bertz CT molecular complexity index is 1090. The zero-order valence-corrected chi connectivity index (χ0v) is 25.9. The van der Waals surface area contributed by atoms with Gasteiger partial charge in [-0.05, 0) is 75.2 Å². The molecule has 232 valence electrons. The number of aldehydes is 2. The van der Waals surface area contributed by atoms with Crippen LogP contribution in [-0.4, -0.2) is 68.4 Å². The lowest BCUT2D eigenvalue weighted by molar-refractivity contribution is -0.135. The largest absolute Gasteiger partial charge is 0.384 e. The van der Waals surface area contributed by atoms with E-state index in [1.54, 1.807) is 18.2 Å². The summed E-state index contributed by atoms with van der Waals surface area (Å²) in [5.74, 6) is 1.74. The van der Waals surface area contributed by atoms with Crippen molar-refractivity contribution < 1.29 is 24.0 Å². The average molecular weight is 583 g/mol. The minimum absolute atomic E-state index is 0.112. The van der Waals surface area contributed by atoms with E-state index < -0.39 is 11.9 Å². The molecule has 3 unspecified atom stereocenters. The normalized spacial score (nSPS) is 23.8. The van der Waals surface area contributed by atoms with E-state index in [1.165, 1.54) is 38.3 Å². The van der Waals surface area contributed by atoms with Crippen LogP contribution in [-0.2, 0) is 14.4 Å². The Kier molecular flexibility index (Phi) is 12.6. The molecular weight excluding hydrogens is 532 g/mol. The molecule has 1 aromatic rings. The number of hydrogen-bond donors (Lipinski definition) is 3. The van der Waals surface area contributed by atoms with Crippen LogP contribution < -0.4 is 16.0 Å². The van der Waals surface area contributed by atoms with Crippen LogP contribution in [0, 0.1) is 23.2 Å². The fourth-order valence-electron chi connectivity index (χ4n) is 7.15. The second-order valence-corrected chi connectivity index (χ2v) is 12.8. The van der Waals surface area contributed by atoms with Gasteiger partial charge in [0.05, 0.1) is 11.6 Å². The van der Waals surface area contributed by atoms with E-state index in [4.69, 9.17) is 0 Å². The van der Waals surface area contributed by atoms with Crippen molar-refractivity contribution in [3.05, 3.63) is 29.3 Å². The maximum absolute atomic E-state index is 13.4. The lowest BCUT2D eigenvalue weighted by Crippen LogP contribution is -2.46. The van der Waals surface area contributed by atoms with Crippen LogP contribution in [0.4, 0.5) is 5.69 Å². The van der Waals surface area contributed by atoms with Crippen molar-refractivity contribution in [2.45, 2.75) is 90.5 Å². The minimum Gasteiger partial charge on any atom is -0.384 e. The molecule has 2 fully saturated rings. The zero-order chi connectivity index (χ0) is 30.7. The highest BCUT2D eigenvalue weighted by molar-refractivity contribution is 6.06. The molecule has 2 aliphatic carbocycles. The van der Waals surface area contributed by atoms with Crippen molar-refractivity contribution in [3.8, 4) is 0 Å². The number of hydrogen-bond acceptors (Lipinski definition) is 6. The summed E-state index contributed by atoms with van der Waals surface area (Å²) in [5, 5.41) is 9.01. The predicted octanol–water partition coefficient (Wildman–Crippen LogP) is 4.61. The molecule has 2 bridgehead atoms. The summed E-state index contributed by atoms with van der Waals surface area (Å²) in [7, 11) is 3.03. The third-order valence-corrected chi connectivity index (χ3v) is 9.23. The Morgan fingerprint density at radius 1 is 1.02 bits per heavy atom. The molecule has 9 nitrogen and oxygen atoms in total. The summed E-state index contributed by atoms with van der Waals surface area (Å²) in [6, 6.07) is 4.26. The van der Waals surface area contributed by atoms with Crippen molar-refractivity contribution in [2.24, 2.45) is 23.2 Å². The van der Waals surface area contributed by atoms with Crippen molar-refractivity contribution in [2.75, 3.05) is 32.5 Å². The van der Waals surface area contributed by atoms with E-state index in [0.717, 1.165) is 44.4 Å². The molecule has 0 spiro atoms. The average Bonchev–Trinajstić information content (AvgIpc) is 2.96. The number of carbonyl (C=O) groups excluding carboxylic acids is 5. The number of nitrogens with zero attached hydrogens (tertiary/aromatic N) is 1. The van der Waals surface area contributed by atoms with Crippen LogP contribution in [0.3, 0.4) is 0 Å². The highest BCUT2D eigenvalue weighted by Gasteiger charge is 2.44. The van der Waals surface area contributed by atoms with Crippen molar-refractivity contribution in [3.63, 3.8) is 0 Å². The summed E-state index contributed by atoms with van der Waals surface area (Å²) >= 11 is 0. The van der Waals surface area contributed by atoms with E-state index in [0.29, 0.717) is 43.2 Å². The first-order chi connectivity index (χ1) is 20.1. The van der Waals surface area contributed by atoms with E-state index in [1.807, 2.05) is 0 Å². The molecule has 0 saturated heterocycles. The number of carbonyl (C=O) groups is 5. The Balaban J connectivity index is 1.43. The van der Waals surface area contributed by atoms with Crippen LogP contribution in [0.15, 0.2) is 18.2 Å². The molecule has 3 atom stereocenters. The van der Waals surface area contributed by atoms with Gasteiger partial charge in [0.25, 0.3) is 5.91 Å². The van der Waals surface area contributed by atoms with E-state index >= 15 is 0 Å². The molecule has 3 amide bonds. The first kappa shape index (κ1) is 33.3. The van der Waals surface area contributed by atoms with Gasteiger partial charge in [-0.2, -0.15) is 0 Å². The monoisotopic (exact) mass is 582 g/mol. The number of amides is 3. The number of benzene rings is 1. The van der Waals surface area contributed by atoms with Crippen LogP contribution in [0.25, 0.3) is 0 Å². The molecule has 0 heterocycles. The van der Waals surface area contributed by atoms with Crippen molar-refractivity contribution in [1.82, 2.24) is 15.5 Å². The maximum atomic E-state index is 13.4. The summed E-state index contributed by atoms with van der Waals surface area (Å²) in [4.78, 5) is 62.8. The van der Waals surface area contributed by atoms with Crippen LogP contribution in [0.5, 0.6) is 0 Å². The van der Waals surface area contributed by atoms with Gasteiger partial charge < -0.3 is 25.6 Å². The SMILES string of the molecule is CNC(=O)CCC(C=O)N(C)C(=O)c1c(C=O)cccc1NCCCCCCNC(=O)C1(C)CC2CC(C)CC(C2)C1. The number of likely N-dealkylation sites (N-methyl/N-ethyl adjacent to an activating group) is 1. The van der Waals surface area contributed by atoms with Crippen LogP contribution in [0.2, 0.25) is 0 Å². The standard InChI is InChI=1S/C33H50N4O5/c1-23-16-24-18-25(17-23)20-33(2,19-24)32(42)36-15-8-6-5-7-14-35-28-11-9-10-26(21-38)30(28)31(41)37(4)27(22-39)12-13-29(40)34-3/h9-11,21-25,27,35H,5-8,12-20H2,1-4H3,(H,34,40)(H,36,42). The van der Waals surface area contributed by atoms with Gasteiger partial charge in [-0.25, -0.2) is 0 Å². The highest BCUT2D eigenvalue weighted by atomic mass is 16.2. The molecule has 3 rings (SSSR count). The Labute approximate surface area is 250 Å². The predicted molar refractivity (Wildman–Crippen MR) is 164 cm³/mol. The first-order valence-electron chi connectivity index (χ1n) is 15.6. The molecule has 0 aliphatic heterocycles. The lowest BCUT2D eigenvalue weighted by Gasteiger charge is -2.46. The second kappa shape index (κ2) is 15.8. The van der Waals surface area contributed by atoms with E-state index in [2.05, 4.69) is 29.8 Å². The molecule has 2 aliphatic rings. The number of unbranched alkanes of at least 4 members (excludes halogenated alkanes) is 3. The molecule has 1 aromatic carbocycles. The summed E-state index contributed by atoms with van der Waals surface area (Å²) in [6.07, 6.45) is 11.2. The topological polar surface area (TPSA) is 125 Å².